The molecule has 1 amide bonds. The average Bonchev–Trinajstić information content (AvgIpc) is 2.85. The third kappa shape index (κ3) is 5.93. The number of carbonyl (C=O) groups is 1. The highest BCUT2D eigenvalue weighted by atomic mass is 32.2. The van der Waals surface area contributed by atoms with Gasteiger partial charge in [0.25, 0.3) is 5.91 Å². The summed E-state index contributed by atoms with van der Waals surface area (Å²) in [5.41, 5.74) is 1.38. The highest BCUT2D eigenvalue weighted by Crippen LogP contribution is 2.31. The third-order valence-corrected chi connectivity index (χ3v) is 8.27. The van der Waals surface area contributed by atoms with Crippen LogP contribution in [0.5, 0.6) is 5.75 Å². The van der Waals surface area contributed by atoms with E-state index in [1.807, 2.05) is 24.3 Å². The van der Waals surface area contributed by atoms with Crippen molar-refractivity contribution in [1.82, 2.24) is 14.5 Å². The summed E-state index contributed by atoms with van der Waals surface area (Å²) >= 11 is 0. The number of para-hydroxylation sites is 1. The number of hydrogen-bond acceptors (Lipinski definition) is 5. The molecule has 1 aliphatic rings. The van der Waals surface area contributed by atoms with Crippen LogP contribution in [0.3, 0.4) is 0 Å². The van der Waals surface area contributed by atoms with E-state index in [0.29, 0.717) is 25.2 Å². The molecular formula is C25H35N3O4S. The smallest absolute Gasteiger partial charge is 0.251 e. The molecule has 0 bridgehead atoms. The molecule has 0 saturated carbocycles. The molecule has 8 heteroatoms. The van der Waals surface area contributed by atoms with Gasteiger partial charge in [-0.1, -0.05) is 44.5 Å². The van der Waals surface area contributed by atoms with Crippen molar-refractivity contribution in [2.45, 2.75) is 44.0 Å². The van der Waals surface area contributed by atoms with E-state index < -0.39 is 10.0 Å². The second-order valence-electron chi connectivity index (χ2n) is 8.18. The van der Waals surface area contributed by atoms with Crippen molar-refractivity contribution in [1.29, 1.82) is 0 Å². The first kappa shape index (κ1) is 25.2. The number of nitrogens with one attached hydrogen (secondary N) is 1. The maximum atomic E-state index is 13.0. The number of ether oxygens (including phenoxy) is 1. The van der Waals surface area contributed by atoms with Crippen LogP contribution in [0.25, 0.3) is 0 Å². The van der Waals surface area contributed by atoms with E-state index in [9.17, 15) is 13.2 Å². The van der Waals surface area contributed by atoms with Crippen molar-refractivity contribution in [3.63, 3.8) is 0 Å². The van der Waals surface area contributed by atoms with Gasteiger partial charge in [0.1, 0.15) is 5.75 Å². The molecule has 7 nitrogen and oxygen atoms in total. The Hall–Kier alpha value is -2.42. The first-order valence-electron chi connectivity index (χ1n) is 11.7. The zero-order chi connectivity index (χ0) is 23.8. The lowest BCUT2D eigenvalue weighted by Gasteiger charge is -2.35. The number of amides is 1. The van der Waals surface area contributed by atoms with Gasteiger partial charge in [0, 0.05) is 30.8 Å². The van der Waals surface area contributed by atoms with Crippen LogP contribution in [-0.2, 0) is 10.0 Å². The second-order valence-corrected chi connectivity index (χ2v) is 10.1. The molecule has 1 atom stereocenters. The highest BCUT2D eigenvalue weighted by Gasteiger charge is 2.26. The molecule has 0 radical (unpaired) electrons. The van der Waals surface area contributed by atoms with Gasteiger partial charge in [-0.2, -0.15) is 4.31 Å². The number of sulfonamides is 1. The molecule has 1 heterocycles. The minimum absolute atomic E-state index is 0.0204. The summed E-state index contributed by atoms with van der Waals surface area (Å²) in [5.74, 6) is 0.512. The predicted octanol–water partition coefficient (Wildman–Crippen LogP) is 3.68. The standard InChI is InChI=1S/C25H35N3O4S/c1-4-28(5-2)33(30,31)21-13-11-12-20(18-21)25(29)26-19-23(27-16-9-6-10-17-27)22-14-7-8-15-24(22)32-3/h7-8,11-15,18,23H,4-6,9-10,16-17,19H2,1-3H3,(H,26,29). The molecule has 1 N–H and O–H groups in total. The van der Waals surface area contributed by atoms with Gasteiger partial charge in [0.05, 0.1) is 18.0 Å². The Balaban J connectivity index is 1.81. The molecule has 180 valence electrons. The molecule has 0 aromatic heterocycles. The number of methoxy groups -OCH3 is 1. The SMILES string of the molecule is CCN(CC)S(=O)(=O)c1cccc(C(=O)NCC(c2ccccc2OC)N2CCCCC2)c1. The predicted molar refractivity (Wildman–Crippen MR) is 130 cm³/mol. The Morgan fingerprint density at radius 3 is 2.42 bits per heavy atom. The van der Waals surface area contributed by atoms with Crippen molar-refractivity contribution >= 4 is 15.9 Å². The highest BCUT2D eigenvalue weighted by molar-refractivity contribution is 7.89. The quantitative estimate of drug-likeness (QED) is 0.569. The second kappa shape index (κ2) is 11.6. The summed E-state index contributed by atoms with van der Waals surface area (Å²) in [6.45, 7) is 6.71. The lowest BCUT2D eigenvalue weighted by molar-refractivity contribution is 0.0923. The van der Waals surface area contributed by atoms with E-state index in [1.54, 1.807) is 33.1 Å². The lowest BCUT2D eigenvalue weighted by Crippen LogP contribution is -2.40. The first-order valence-corrected chi connectivity index (χ1v) is 13.1. The number of hydrogen-bond donors (Lipinski definition) is 1. The molecule has 0 spiro atoms. The van der Waals surface area contributed by atoms with Crippen LogP contribution >= 0.6 is 0 Å². The summed E-state index contributed by atoms with van der Waals surface area (Å²) in [5, 5.41) is 3.04. The van der Waals surface area contributed by atoms with Gasteiger partial charge < -0.3 is 10.1 Å². The van der Waals surface area contributed by atoms with E-state index in [-0.39, 0.29) is 16.8 Å². The van der Waals surface area contributed by atoms with Gasteiger partial charge >= 0.3 is 0 Å². The van der Waals surface area contributed by atoms with Gasteiger partial charge in [0.2, 0.25) is 10.0 Å². The number of benzene rings is 2. The van der Waals surface area contributed by atoms with Gasteiger partial charge in [0.15, 0.2) is 0 Å². The normalized spacial score (nSPS) is 15.9. The molecule has 2 aromatic carbocycles. The van der Waals surface area contributed by atoms with E-state index in [0.717, 1.165) is 37.2 Å². The Kier molecular flexibility index (Phi) is 8.88. The minimum atomic E-state index is -3.63. The van der Waals surface area contributed by atoms with E-state index in [4.69, 9.17) is 4.74 Å². The summed E-state index contributed by atoms with van der Waals surface area (Å²) in [4.78, 5) is 15.6. The monoisotopic (exact) mass is 473 g/mol. The zero-order valence-electron chi connectivity index (χ0n) is 19.8. The molecule has 1 fully saturated rings. The molecule has 33 heavy (non-hydrogen) atoms. The van der Waals surface area contributed by atoms with Gasteiger partial charge in [-0.15, -0.1) is 0 Å². The fraction of sp³-hybridized carbons (Fsp3) is 0.480. The first-order chi connectivity index (χ1) is 15.9. The fourth-order valence-electron chi connectivity index (χ4n) is 4.41. The van der Waals surface area contributed by atoms with Crippen LogP contribution in [0.4, 0.5) is 0 Å². The number of likely N-dealkylation sites (tertiary alicyclic amines) is 1. The number of rotatable bonds is 10. The molecular weight excluding hydrogens is 438 g/mol. The Morgan fingerprint density at radius 1 is 1.06 bits per heavy atom. The van der Waals surface area contributed by atoms with Crippen molar-refractivity contribution in [3.05, 3.63) is 59.7 Å². The Labute approximate surface area is 197 Å². The van der Waals surface area contributed by atoms with Crippen LogP contribution < -0.4 is 10.1 Å². The van der Waals surface area contributed by atoms with Crippen molar-refractivity contribution in [2.75, 3.05) is 39.8 Å². The number of nitrogens with zero attached hydrogens (tertiary/aromatic N) is 2. The summed E-state index contributed by atoms with van der Waals surface area (Å²) < 4.78 is 32.7. The topological polar surface area (TPSA) is 79.0 Å². The summed E-state index contributed by atoms with van der Waals surface area (Å²) in [7, 11) is -1.97. The molecule has 1 unspecified atom stereocenters. The van der Waals surface area contributed by atoms with Crippen LogP contribution in [-0.4, -0.2) is 63.4 Å². The zero-order valence-corrected chi connectivity index (χ0v) is 20.6. The van der Waals surface area contributed by atoms with Gasteiger partial charge in [-0.05, 0) is 50.2 Å². The van der Waals surface area contributed by atoms with Crippen LogP contribution in [0.2, 0.25) is 0 Å². The van der Waals surface area contributed by atoms with Crippen molar-refractivity contribution in [3.8, 4) is 5.75 Å². The van der Waals surface area contributed by atoms with Gasteiger partial charge in [-0.3, -0.25) is 9.69 Å². The maximum absolute atomic E-state index is 13.0. The van der Waals surface area contributed by atoms with Crippen LogP contribution in [0.1, 0.15) is 55.1 Å². The van der Waals surface area contributed by atoms with Crippen LogP contribution in [0, 0.1) is 0 Å². The van der Waals surface area contributed by atoms with Crippen molar-refractivity contribution in [2.24, 2.45) is 0 Å². The molecule has 0 aliphatic carbocycles. The van der Waals surface area contributed by atoms with Gasteiger partial charge in [-0.25, -0.2) is 8.42 Å². The Morgan fingerprint density at radius 2 is 1.76 bits per heavy atom. The molecule has 1 saturated heterocycles. The van der Waals surface area contributed by atoms with E-state index >= 15 is 0 Å². The van der Waals surface area contributed by atoms with Crippen LogP contribution in [0.15, 0.2) is 53.4 Å². The average molecular weight is 474 g/mol. The largest absolute Gasteiger partial charge is 0.496 e. The molecule has 1 aliphatic heterocycles. The third-order valence-electron chi connectivity index (χ3n) is 6.22. The summed E-state index contributed by atoms with van der Waals surface area (Å²) in [6, 6.07) is 14.2. The fourth-order valence-corrected chi connectivity index (χ4v) is 5.91. The minimum Gasteiger partial charge on any atom is -0.496 e. The Bertz CT molecular complexity index is 1030. The lowest BCUT2D eigenvalue weighted by atomic mass is 10.0. The number of carbonyl (C=O) groups excluding carboxylic acids is 1. The van der Waals surface area contributed by atoms with Crippen molar-refractivity contribution < 1.29 is 17.9 Å². The van der Waals surface area contributed by atoms with E-state index in [2.05, 4.69) is 10.2 Å². The molecule has 2 aromatic rings. The molecule has 3 rings (SSSR count). The summed E-state index contributed by atoms with van der Waals surface area (Å²) in [6.07, 6.45) is 3.48. The number of piperidine rings is 1. The maximum Gasteiger partial charge on any atom is 0.251 e. The van der Waals surface area contributed by atoms with E-state index in [1.165, 1.54) is 22.9 Å².